The van der Waals surface area contributed by atoms with Gasteiger partial charge in [-0.1, -0.05) is 11.6 Å². The molecule has 1 aliphatic rings. The first kappa shape index (κ1) is 17.3. The van der Waals surface area contributed by atoms with E-state index < -0.39 is 12.0 Å². The Balaban J connectivity index is 1.72. The van der Waals surface area contributed by atoms with E-state index in [0.29, 0.717) is 36.5 Å². The molecule has 0 bridgehead atoms. The number of amides is 2. The Labute approximate surface area is 139 Å². The van der Waals surface area contributed by atoms with Crippen molar-refractivity contribution < 1.29 is 19.5 Å². The van der Waals surface area contributed by atoms with Crippen LogP contribution in [0, 0.1) is 0 Å². The Morgan fingerprint density at radius 2 is 1.96 bits per heavy atom. The molecule has 1 heterocycles. The molecule has 1 aromatic carbocycles. The molecule has 2 N–H and O–H groups in total. The lowest BCUT2D eigenvalue weighted by Crippen LogP contribution is -2.40. The molecule has 7 heteroatoms. The first-order valence-electron chi connectivity index (χ1n) is 7.55. The fourth-order valence-corrected chi connectivity index (χ4v) is 2.74. The van der Waals surface area contributed by atoms with Gasteiger partial charge < -0.3 is 15.3 Å². The van der Waals surface area contributed by atoms with Crippen LogP contribution in [0.4, 0.5) is 0 Å². The zero-order valence-corrected chi connectivity index (χ0v) is 13.4. The lowest BCUT2D eigenvalue weighted by molar-refractivity contribution is -0.148. The minimum atomic E-state index is -0.952. The van der Waals surface area contributed by atoms with Gasteiger partial charge >= 0.3 is 5.97 Å². The van der Waals surface area contributed by atoms with Crippen LogP contribution in [0.25, 0.3) is 0 Å². The van der Waals surface area contributed by atoms with E-state index in [2.05, 4.69) is 5.32 Å². The number of hydrogen-bond donors (Lipinski definition) is 2. The lowest BCUT2D eigenvalue weighted by atomic mass is 10.2. The van der Waals surface area contributed by atoms with Gasteiger partial charge in [0.15, 0.2) is 0 Å². The van der Waals surface area contributed by atoms with Crippen molar-refractivity contribution in [2.24, 2.45) is 0 Å². The van der Waals surface area contributed by atoms with Crippen LogP contribution in [-0.4, -0.2) is 46.9 Å². The summed E-state index contributed by atoms with van der Waals surface area (Å²) in [6.07, 6.45) is 1.93. The number of halogens is 1. The van der Waals surface area contributed by atoms with Crippen molar-refractivity contribution >= 4 is 29.4 Å². The monoisotopic (exact) mass is 338 g/mol. The van der Waals surface area contributed by atoms with Crippen molar-refractivity contribution in [2.75, 3.05) is 13.1 Å². The van der Waals surface area contributed by atoms with Crippen LogP contribution in [0.3, 0.4) is 0 Å². The number of nitrogens with zero attached hydrogens (tertiary/aromatic N) is 1. The van der Waals surface area contributed by atoms with Crippen molar-refractivity contribution in [3.8, 4) is 0 Å². The summed E-state index contributed by atoms with van der Waals surface area (Å²) in [5.41, 5.74) is 0.506. The number of carbonyl (C=O) groups excluding carboxylic acids is 2. The van der Waals surface area contributed by atoms with Gasteiger partial charge in [-0.2, -0.15) is 0 Å². The third-order valence-corrected chi connectivity index (χ3v) is 4.07. The third kappa shape index (κ3) is 4.69. The maximum Gasteiger partial charge on any atom is 0.326 e. The van der Waals surface area contributed by atoms with Gasteiger partial charge in [-0.3, -0.25) is 9.59 Å². The minimum Gasteiger partial charge on any atom is -0.480 e. The molecule has 2 amide bonds. The standard InChI is InChI=1S/C16H19ClN2O4/c17-12-7-5-11(6-8-12)15(21)18-9-1-4-14(20)19-10-2-3-13(19)16(22)23/h5-8,13H,1-4,9-10H2,(H,18,21)(H,22,23). The molecular formula is C16H19ClN2O4. The summed E-state index contributed by atoms with van der Waals surface area (Å²) in [6.45, 7) is 0.853. The summed E-state index contributed by atoms with van der Waals surface area (Å²) in [6, 6.07) is 5.83. The molecule has 1 atom stereocenters. The number of benzene rings is 1. The van der Waals surface area contributed by atoms with Crippen LogP contribution in [0.1, 0.15) is 36.0 Å². The molecule has 124 valence electrons. The molecule has 0 aliphatic carbocycles. The summed E-state index contributed by atoms with van der Waals surface area (Å²) < 4.78 is 0. The molecule has 1 unspecified atom stereocenters. The topological polar surface area (TPSA) is 86.7 Å². The number of aliphatic carboxylic acids is 1. The zero-order chi connectivity index (χ0) is 16.8. The molecule has 2 rings (SSSR count). The predicted molar refractivity (Wildman–Crippen MR) is 85.4 cm³/mol. The van der Waals surface area contributed by atoms with Gasteiger partial charge in [-0.15, -0.1) is 0 Å². The highest BCUT2D eigenvalue weighted by molar-refractivity contribution is 6.30. The Hall–Kier alpha value is -2.08. The van der Waals surface area contributed by atoms with Gasteiger partial charge in [-0.05, 0) is 43.5 Å². The van der Waals surface area contributed by atoms with Gasteiger partial charge in [0.1, 0.15) is 6.04 Å². The van der Waals surface area contributed by atoms with Gasteiger partial charge in [-0.25, -0.2) is 4.79 Å². The van der Waals surface area contributed by atoms with E-state index in [0.717, 1.165) is 6.42 Å². The molecule has 1 saturated heterocycles. The summed E-state index contributed by atoms with van der Waals surface area (Å²) in [4.78, 5) is 36.4. The number of carboxylic acids is 1. The smallest absolute Gasteiger partial charge is 0.326 e. The minimum absolute atomic E-state index is 0.171. The number of carboxylic acid groups (broad SMARTS) is 1. The Morgan fingerprint density at radius 3 is 2.61 bits per heavy atom. The second-order valence-corrected chi connectivity index (χ2v) is 5.89. The fourth-order valence-electron chi connectivity index (χ4n) is 2.61. The second kappa shape index (κ2) is 7.97. The van der Waals surface area contributed by atoms with E-state index in [4.69, 9.17) is 16.7 Å². The van der Waals surface area contributed by atoms with E-state index in [-0.39, 0.29) is 18.2 Å². The van der Waals surface area contributed by atoms with Crippen LogP contribution in [0.15, 0.2) is 24.3 Å². The SMILES string of the molecule is O=C(NCCCC(=O)N1CCCC1C(=O)O)c1ccc(Cl)cc1. The Bertz CT molecular complexity index is 588. The van der Waals surface area contributed by atoms with Crippen LogP contribution in [0.2, 0.25) is 5.02 Å². The van der Waals surface area contributed by atoms with Crippen molar-refractivity contribution in [2.45, 2.75) is 31.7 Å². The highest BCUT2D eigenvalue weighted by atomic mass is 35.5. The van der Waals surface area contributed by atoms with Gasteiger partial charge in [0.25, 0.3) is 5.91 Å². The van der Waals surface area contributed by atoms with Crippen LogP contribution >= 0.6 is 11.6 Å². The van der Waals surface area contributed by atoms with Crippen LogP contribution in [-0.2, 0) is 9.59 Å². The molecule has 1 aliphatic heterocycles. The van der Waals surface area contributed by atoms with Crippen LogP contribution in [0.5, 0.6) is 0 Å². The average molecular weight is 339 g/mol. The van der Waals surface area contributed by atoms with Gasteiger partial charge in [0, 0.05) is 30.1 Å². The zero-order valence-electron chi connectivity index (χ0n) is 12.6. The average Bonchev–Trinajstić information content (AvgIpc) is 3.01. The van der Waals surface area contributed by atoms with E-state index in [1.165, 1.54) is 4.90 Å². The number of rotatable bonds is 6. The molecular weight excluding hydrogens is 320 g/mol. The summed E-state index contributed by atoms with van der Waals surface area (Å²) in [5, 5.41) is 12.4. The molecule has 0 spiro atoms. The molecule has 0 saturated carbocycles. The largest absolute Gasteiger partial charge is 0.480 e. The molecule has 0 radical (unpaired) electrons. The lowest BCUT2D eigenvalue weighted by Gasteiger charge is -2.21. The van der Waals surface area contributed by atoms with Crippen molar-refractivity contribution in [1.29, 1.82) is 0 Å². The first-order chi connectivity index (χ1) is 11.0. The summed E-state index contributed by atoms with van der Waals surface area (Å²) in [5.74, 6) is -1.35. The van der Waals surface area contributed by atoms with Crippen molar-refractivity contribution in [3.63, 3.8) is 0 Å². The maximum atomic E-state index is 12.0. The highest BCUT2D eigenvalue weighted by Crippen LogP contribution is 2.18. The Morgan fingerprint density at radius 1 is 1.26 bits per heavy atom. The number of likely N-dealkylation sites (tertiary alicyclic amines) is 1. The molecule has 1 fully saturated rings. The normalized spacial score (nSPS) is 17.1. The molecule has 0 aromatic heterocycles. The number of carbonyl (C=O) groups is 3. The number of nitrogens with one attached hydrogen (secondary N) is 1. The number of hydrogen-bond acceptors (Lipinski definition) is 3. The van der Waals surface area contributed by atoms with Crippen LogP contribution < -0.4 is 5.32 Å². The van der Waals surface area contributed by atoms with Crippen molar-refractivity contribution in [1.82, 2.24) is 10.2 Å². The van der Waals surface area contributed by atoms with E-state index in [9.17, 15) is 14.4 Å². The quantitative estimate of drug-likeness (QED) is 0.776. The van der Waals surface area contributed by atoms with Gasteiger partial charge in [0.2, 0.25) is 5.91 Å². The van der Waals surface area contributed by atoms with E-state index in [1.807, 2.05) is 0 Å². The van der Waals surface area contributed by atoms with Gasteiger partial charge in [0.05, 0.1) is 0 Å². The molecule has 1 aromatic rings. The van der Waals surface area contributed by atoms with Crippen molar-refractivity contribution in [3.05, 3.63) is 34.9 Å². The summed E-state index contributed by atoms with van der Waals surface area (Å²) >= 11 is 5.76. The molecule has 23 heavy (non-hydrogen) atoms. The Kier molecular flexibility index (Phi) is 5.98. The van der Waals surface area contributed by atoms with E-state index >= 15 is 0 Å². The fraction of sp³-hybridized carbons (Fsp3) is 0.438. The maximum absolute atomic E-state index is 12.0. The summed E-state index contributed by atoms with van der Waals surface area (Å²) in [7, 11) is 0. The third-order valence-electron chi connectivity index (χ3n) is 3.82. The van der Waals surface area contributed by atoms with E-state index in [1.54, 1.807) is 24.3 Å². The highest BCUT2D eigenvalue weighted by Gasteiger charge is 2.33. The first-order valence-corrected chi connectivity index (χ1v) is 7.93. The second-order valence-electron chi connectivity index (χ2n) is 5.45. The predicted octanol–water partition coefficient (Wildman–Crippen LogP) is 1.93. The molecule has 6 nitrogen and oxygen atoms in total.